The van der Waals surface area contributed by atoms with Gasteiger partial charge in [-0.25, -0.2) is 0 Å². The topological polar surface area (TPSA) is 63.2 Å². The molecule has 0 aliphatic carbocycles. The molecule has 0 saturated carbocycles. The summed E-state index contributed by atoms with van der Waals surface area (Å²) in [5.74, 6) is -2.40. The molecule has 2 aromatic carbocycles. The summed E-state index contributed by atoms with van der Waals surface area (Å²) in [6.07, 6.45) is 0. The summed E-state index contributed by atoms with van der Waals surface area (Å²) in [6.45, 7) is 0. The van der Waals surface area contributed by atoms with Crippen LogP contribution in [0.15, 0.2) is 48.5 Å². The largest absolute Gasteiger partial charge is 0.319 e. The van der Waals surface area contributed by atoms with Gasteiger partial charge in [-0.2, -0.15) is 0 Å². The van der Waals surface area contributed by atoms with Crippen molar-refractivity contribution >= 4 is 46.4 Å². The third kappa shape index (κ3) is 3.72. The fourth-order valence-electron chi connectivity index (χ4n) is 1.81. The van der Waals surface area contributed by atoms with Gasteiger partial charge >= 0.3 is 0 Å². The number of Topliss-reactive ketones (excluding diaryl/α,β-unsaturated/α-hetero) is 1. The molecule has 0 atom stereocenters. The lowest BCUT2D eigenvalue weighted by Crippen LogP contribution is -2.24. The molecule has 0 saturated heterocycles. The molecule has 0 aromatic heterocycles. The molecule has 0 fully saturated rings. The minimum absolute atomic E-state index is 0.203. The SMILES string of the molecule is O=C(CCl)C(=O)Nc1ccc(Cl)cc1C(=O)c1ccccc1. The van der Waals surface area contributed by atoms with Crippen LogP contribution in [-0.4, -0.2) is 23.4 Å². The van der Waals surface area contributed by atoms with Crippen molar-refractivity contribution in [3.05, 3.63) is 64.7 Å². The van der Waals surface area contributed by atoms with Crippen molar-refractivity contribution in [2.24, 2.45) is 0 Å². The number of alkyl halides is 1. The number of amides is 1. The van der Waals surface area contributed by atoms with Crippen LogP contribution in [0.5, 0.6) is 0 Å². The molecule has 0 aliphatic heterocycles. The first kappa shape index (κ1) is 16.2. The number of halogens is 2. The van der Waals surface area contributed by atoms with Crippen LogP contribution in [0.1, 0.15) is 15.9 Å². The number of ketones is 2. The van der Waals surface area contributed by atoms with Gasteiger partial charge in [-0.1, -0.05) is 41.9 Å². The molecule has 0 unspecified atom stereocenters. The van der Waals surface area contributed by atoms with Crippen molar-refractivity contribution in [1.29, 1.82) is 0 Å². The van der Waals surface area contributed by atoms with E-state index in [0.717, 1.165) is 0 Å². The highest BCUT2D eigenvalue weighted by molar-refractivity contribution is 6.49. The fourth-order valence-corrected chi connectivity index (χ4v) is 2.10. The second-order valence-corrected chi connectivity index (χ2v) is 5.10. The number of rotatable bonds is 5. The van der Waals surface area contributed by atoms with E-state index in [9.17, 15) is 14.4 Å². The van der Waals surface area contributed by atoms with Gasteiger partial charge in [0.2, 0.25) is 5.78 Å². The average Bonchev–Trinajstić information content (AvgIpc) is 2.55. The first-order chi connectivity index (χ1) is 10.5. The Hall–Kier alpha value is -2.17. The predicted octanol–water partition coefficient (Wildman–Crippen LogP) is 3.32. The molecular weight excluding hydrogens is 325 g/mol. The van der Waals surface area contributed by atoms with Crippen molar-refractivity contribution in [3.63, 3.8) is 0 Å². The Bertz CT molecular complexity index is 729. The molecule has 1 amide bonds. The molecular formula is C16H11Cl2NO3. The maximum Gasteiger partial charge on any atom is 0.293 e. The van der Waals surface area contributed by atoms with Crippen LogP contribution in [0.2, 0.25) is 5.02 Å². The van der Waals surface area contributed by atoms with E-state index in [1.807, 2.05) is 0 Å². The van der Waals surface area contributed by atoms with E-state index >= 15 is 0 Å². The van der Waals surface area contributed by atoms with E-state index in [2.05, 4.69) is 5.32 Å². The maximum absolute atomic E-state index is 12.5. The number of nitrogens with one attached hydrogen (secondary N) is 1. The zero-order valence-corrected chi connectivity index (χ0v) is 12.8. The molecule has 2 aromatic rings. The molecule has 0 bridgehead atoms. The number of hydrogen-bond donors (Lipinski definition) is 1. The minimum atomic E-state index is -0.876. The average molecular weight is 336 g/mol. The Balaban J connectivity index is 2.38. The second-order valence-electron chi connectivity index (χ2n) is 4.40. The van der Waals surface area contributed by atoms with Crippen molar-refractivity contribution in [2.75, 3.05) is 11.2 Å². The van der Waals surface area contributed by atoms with Gasteiger partial charge in [0, 0.05) is 16.1 Å². The first-order valence-electron chi connectivity index (χ1n) is 6.32. The van der Waals surface area contributed by atoms with E-state index in [-0.39, 0.29) is 17.0 Å². The summed E-state index contributed by atoms with van der Waals surface area (Å²) in [5, 5.41) is 2.73. The number of hydrogen-bond acceptors (Lipinski definition) is 3. The maximum atomic E-state index is 12.5. The van der Waals surface area contributed by atoms with E-state index in [1.54, 1.807) is 30.3 Å². The van der Waals surface area contributed by atoms with Crippen LogP contribution in [0.3, 0.4) is 0 Å². The Morgan fingerprint density at radius 2 is 1.68 bits per heavy atom. The Morgan fingerprint density at radius 1 is 1.00 bits per heavy atom. The Kier molecular flexibility index (Phi) is 5.31. The molecule has 0 spiro atoms. The van der Waals surface area contributed by atoms with Crippen LogP contribution < -0.4 is 5.32 Å². The standard InChI is InChI=1S/C16H11Cl2NO3/c17-9-14(20)16(22)19-13-7-6-11(18)8-12(13)15(21)10-4-2-1-3-5-10/h1-8H,9H2,(H,19,22). The van der Waals surface area contributed by atoms with Gasteiger partial charge in [0.15, 0.2) is 5.78 Å². The molecule has 6 heteroatoms. The molecule has 2 rings (SSSR count). The Labute approximate surface area is 137 Å². The third-order valence-electron chi connectivity index (χ3n) is 2.89. The van der Waals surface area contributed by atoms with Crippen LogP contribution in [0.4, 0.5) is 5.69 Å². The summed E-state index contributed by atoms with van der Waals surface area (Å²) in [5.41, 5.74) is 0.861. The second kappa shape index (κ2) is 7.20. The molecule has 112 valence electrons. The highest BCUT2D eigenvalue weighted by atomic mass is 35.5. The third-order valence-corrected chi connectivity index (χ3v) is 3.36. The van der Waals surface area contributed by atoms with Crippen molar-refractivity contribution in [3.8, 4) is 0 Å². The molecule has 22 heavy (non-hydrogen) atoms. The van der Waals surface area contributed by atoms with E-state index in [1.165, 1.54) is 18.2 Å². The lowest BCUT2D eigenvalue weighted by atomic mass is 10.0. The highest BCUT2D eigenvalue weighted by Crippen LogP contribution is 2.23. The van der Waals surface area contributed by atoms with Crippen LogP contribution >= 0.6 is 23.2 Å². The van der Waals surface area contributed by atoms with Crippen molar-refractivity contribution in [1.82, 2.24) is 0 Å². The van der Waals surface area contributed by atoms with Gasteiger partial charge in [0.1, 0.15) is 0 Å². The number of carbonyl (C=O) groups is 3. The summed E-state index contributed by atoms with van der Waals surface area (Å²) < 4.78 is 0. The van der Waals surface area contributed by atoms with Gasteiger partial charge in [0.05, 0.1) is 11.6 Å². The van der Waals surface area contributed by atoms with E-state index < -0.39 is 17.6 Å². The fraction of sp³-hybridized carbons (Fsp3) is 0.0625. The van der Waals surface area contributed by atoms with Crippen LogP contribution in [0.25, 0.3) is 0 Å². The van der Waals surface area contributed by atoms with Gasteiger partial charge in [0.25, 0.3) is 5.91 Å². The minimum Gasteiger partial charge on any atom is -0.319 e. The summed E-state index contributed by atoms with van der Waals surface area (Å²) in [6, 6.07) is 13.0. The van der Waals surface area contributed by atoms with Gasteiger partial charge in [-0.05, 0) is 18.2 Å². The molecule has 0 aliphatic rings. The zero-order chi connectivity index (χ0) is 16.1. The van der Waals surface area contributed by atoms with Crippen LogP contribution in [-0.2, 0) is 9.59 Å². The molecule has 0 heterocycles. The summed E-state index contributed by atoms with van der Waals surface area (Å²) in [4.78, 5) is 35.4. The summed E-state index contributed by atoms with van der Waals surface area (Å²) >= 11 is 11.3. The first-order valence-corrected chi connectivity index (χ1v) is 7.23. The smallest absolute Gasteiger partial charge is 0.293 e. The normalized spacial score (nSPS) is 10.1. The van der Waals surface area contributed by atoms with E-state index in [4.69, 9.17) is 23.2 Å². The lowest BCUT2D eigenvalue weighted by molar-refractivity contribution is -0.133. The van der Waals surface area contributed by atoms with E-state index in [0.29, 0.717) is 10.6 Å². The quantitative estimate of drug-likeness (QED) is 0.518. The summed E-state index contributed by atoms with van der Waals surface area (Å²) in [7, 11) is 0. The molecule has 4 nitrogen and oxygen atoms in total. The molecule has 0 radical (unpaired) electrons. The van der Waals surface area contributed by atoms with Gasteiger partial charge in [-0.15, -0.1) is 11.6 Å². The van der Waals surface area contributed by atoms with Crippen molar-refractivity contribution in [2.45, 2.75) is 0 Å². The monoisotopic (exact) mass is 335 g/mol. The van der Waals surface area contributed by atoms with Gasteiger partial charge < -0.3 is 5.32 Å². The van der Waals surface area contributed by atoms with Gasteiger partial charge in [-0.3, -0.25) is 14.4 Å². The number of anilines is 1. The van der Waals surface area contributed by atoms with Crippen molar-refractivity contribution < 1.29 is 14.4 Å². The molecule has 1 N–H and O–H groups in total. The number of benzene rings is 2. The highest BCUT2D eigenvalue weighted by Gasteiger charge is 2.18. The van der Waals surface area contributed by atoms with Crippen LogP contribution in [0, 0.1) is 0 Å². The Morgan fingerprint density at radius 3 is 2.32 bits per heavy atom. The zero-order valence-electron chi connectivity index (χ0n) is 11.3. The predicted molar refractivity (Wildman–Crippen MR) is 85.7 cm³/mol. The number of carbonyl (C=O) groups excluding carboxylic acids is 3. The lowest BCUT2D eigenvalue weighted by Gasteiger charge is -2.10.